The molecule has 0 aliphatic carbocycles. The Morgan fingerprint density at radius 1 is 1.23 bits per heavy atom. The van der Waals surface area contributed by atoms with Crippen LogP contribution in [0.1, 0.15) is 27.2 Å². The van der Waals surface area contributed by atoms with Gasteiger partial charge in [-0.15, -0.1) is 0 Å². The van der Waals surface area contributed by atoms with E-state index in [0.29, 0.717) is 12.5 Å². The van der Waals surface area contributed by atoms with E-state index in [0.717, 1.165) is 42.2 Å². The second kappa shape index (κ2) is 7.35. The molecule has 7 nitrogen and oxygen atoms in total. The van der Waals surface area contributed by atoms with E-state index in [-0.39, 0.29) is 6.09 Å². The van der Waals surface area contributed by atoms with Gasteiger partial charge in [0.1, 0.15) is 5.60 Å². The van der Waals surface area contributed by atoms with Crippen LogP contribution in [0.5, 0.6) is 0 Å². The molecule has 0 spiro atoms. The number of likely N-dealkylation sites (tertiary alicyclic amines) is 1. The van der Waals surface area contributed by atoms with Crippen molar-refractivity contribution in [3.8, 4) is 0 Å². The number of rotatable bonds is 4. The van der Waals surface area contributed by atoms with Gasteiger partial charge in [-0.05, 0) is 45.2 Å². The van der Waals surface area contributed by atoms with Gasteiger partial charge in [0.25, 0.3) is 0 Å². The van der Waals surface area contributed by atoms with E-state index in [1.165, 1.54) is 0 Å². The fourth-order valence-electron chi connectivity index (χ4n) is 3.03. The normalized spacial score (nSPS) is 17.4. The summed E-state index contributed by atoms with van der Waals surface area (Å²) in [5.41, 5.74) is 1.26. The predicted molar refractivity (Wildman–Crippen MR) is 103 cm³/mol. The minimum absolute atomic E-state index is 0.235. The highest BCUT2D eigenvalue weighted by Crippen LogP contribution is 2.23. The third kappa shape index (κ3) is 4.33. The summed E-state index contributed by atoms with van der Waals surface area (Å²) in [4.78, 5) is 23.2. The first-order valence-corrected chi connectivity index (χ1v) is 9.02. The number of nitrogens with one attached hydrogen (secondary N) is 2. The lowest BCUT2D eigenvalue weighted by molar-refractivity contribution is 0.0289. The zero-order chi connectivity index (χ0) is 18.7. The molecule has 0 radical (unpaired) electrons. The second-order valence-corrected chi connectivity index (χ2v) is 7.62. The molecule has 1 amide bonds. The fraction of sp³-hybridized carbons (Fsp3) is 0.526. The number of hydrogen-bond donors (Lipinski definition) is 2. The summed E-state index contributed by atoms with van der Waals surface area (Å²) in [6.07, 6.45) is 0.712. The van der Waals surface area contributed by atoms with Crippen molar-refractivity contribution >= 4 is 28.8 Å². The van der Waals surface area contributed by atoms with E-state index >= 15 is 0 Å². The molecule has 2 aromatic rings. The van der Waals surface area contributed by atoms with Gasteiger partial charge < -0.3 is 20.3 Å². The molecule has 0 bridgehead atoms. The van der Waals surface area contributed by atoms with Crippen LogP contribution in [0.2, 0.25) is 0 Å². The van der Waals surface area contributed by atoms with Gasteiger partial charge in [0.05, 0.1) is 11.0 Å². The predicted octanol–water partition coefficient (Wildman–Crippen LogP) is 3.34. The summed E-state index contributed by atoms with van der Waals surface area (Å²) in [5.74, 6) is 1.83. The Balaban J connectivity index is 1.61. The molecule has 1 aromatic carbocycles. The Hall–Kier alpha value is -2.57. The Morgan fingerprint density at radius 3 is 2.50 bits per heavy atom. The lowest BCUT2D eigenvalue weighted by Crippen LogP contribution is -2.35. The number of fused-ring (bicyclic) bond motifs is 1. The second-order valence-electron chi connectivity index (χ2n) is 7.62. The first kappa shape index (κ1) is 18.2. The van der Waals surface area contributed by atoms with Crippen LogP contribution in [0.4, 0.5) is 16.4 Å². The van der Waals surface area contributed by atoms with Gasteiger partial charge in [-0.2, -0.15) is 0 Å². The summed E-state index contributed by atoms with van der Waals surface area (Å²) in [6.45, 7) is 7.81. The molecule has 0 unspecified atom stereocenters. The number of carbonyl (C=O) groups is 1. The van der Waals surface area contributed by atoms with E-state index in [4.69, 9.17) is 4.74 Å². The molecule has 140 valence electrons. The third-order valence-electron chi connectivity index (χ3n) is 4.30. The van der Waals surface area contributed by atoms with Crippen molar-refractivity contribution in [1.82, 2.24) is 14.9 Å². The van der Waals surface area contributed by atoms with E-state index in [1.807, 2.05) is 52.1 Å². The zero-order valence-corrected chi connectivity index (χ0v) is 15.9. The molecule has 1 aromatic heterocycles. The Labute approximate surface area is 154 Å². The summed E-state index contributed by atoms with van der Waals surface area (Å²) in [7, 11) is 1.84. The molecular weight excluding hydrogens is 330 g/mol. The minimum Gasteiger partial charge on any atom is -0.444 e. The maximum absolute atomic E-state index is 12.2. The van der Waals surface area contributed by atoms with Crippen molar-refractivity contribution < 1.29 is 9.53 Å². The van der Waals surface area contributed by atoms with Gasteiger partial charge in [-0.25, -0.2) is 14.8 Å². The highest BCUT2D eigenvalue weighted by Gasteiger charge is 2.29. The maximum Gasteiger partial charge on any atom is 0.410 e. The molecule has 26 heavy (non-hydrogen) atoms. The lowest BCUT2D eigenvalue weighted by atomic mass is 10.1. The van der Waals surface area contributed by atoms with Crippen LogP contribution in [0, 0.1) is 5.92 Å². The standard InChI is InChI=1S/C19H27N5O2/c1-19(2,3)26-18(25)24-10-9-13(12-24)11-21-17-16(20-4)22-14-7-5-6-8-15(14)23-17/h5-8,13H,9-12H2,1-4H3,(H,20,22)(H,21,23)/t13-/m0/s1. The van der Waals surface area contributed by atoms with Crippen LogP contribution in [-0.4, -0.2) is 53.2 Å². The summed E-state index contributed by atoms with van der Waals surface area (Å²) >= 11 is 0. The van der Waals surface area contributed by atoms with Gasteiger partial charge in [-0.1, -0.05) is 12.1 Å². The topological polar surface area (TPSA) is 79.4 Å². The number of benzene rings is 1. The van der Waals surface area contributed by atoms with Gasteiger partial charge in [-0.3, -0.25) is 0 Å². The highest BCUT2D eigenvalue weighted by atomic mass is 16.6. The van der Waals surface area contributed by atoms with Crippen LogP contribution >= 0.6 is 0 Å². The van der Waals surface area contributed by atoms with Gasteiger partial charge >= 0.3 is 6.09 Å². The number of aromatic nitrogens is 2. The average molecular weight is 357 g/mol. The smallest absolute Gasteiger partial charge is 0.410 e. The number of nitrogens with zero attached hydrogens (tertiary/aromatic N) is 3. The van der Waals surface area contributed by atoms with Crippen LogP contribution in [-0.2, 0) is 4.74 Å². The van der Waals surface area contributed by atoms with Crippen molar-refractivity contribution in [2.75, 3.05) is 37.3 Å². The van der Waals surface area contributed by atoms with E-state index in [1.54, 1.807) is 4.90 Å². The van der Waals surface area contributed by atoms with Crippen molar-refractivity contribution in [2.24, 2.45) is 5.92 Å². The molecule has 1 aliphatic rings. The number of carbonyl (C=O) groups excluding carboxylic acids is 1. The van der Waals surface area contributed by atoms with Crippen LogP contribution in [0.3, 0.4) is 0 Å². The summed E-state index contributed by atoms with van der Waals surface area (Å²) in [5, 5.41) is 6.49. The van der Waals surface area contributed by atoms with Gasteiger partial charge in [0, 0.05) is 26.7 Å². The molecule has 7 heteroatoms. The number of ether oxygens (including phenoxy) is 1. The molecule has 3 rings (SSSR count). The summed E-state index contributed by atoms with van der Waals surface area (Å²) in [6, 6.07) is 7.80. The number of hydrogen-bond acceptors (Lipinski definition) is 6. The van der Waals surface area contributed by atoms with Crippen molar-refractivity contribution in [3.63, 3.8) is 0 Å². The number of para-hydroxylation sites is 2. The molecule has 2 N–H and O–H groups in total. The first-order chi connectivity index (χ1) is 12.4. The minimum atomic E-state index is -0.462. The maximum atomic E-state index is 12.2. The fourth-order valence-corrected chi connectivity index (χ4v) is 3.03. The van der Waals surface area contributed by atoms with Crippen LogP contribution < -0.4 is 10.6 Å². The molecule has 1 saturated heterocycles. The largest absolute Gasteiger partial charge is 0.444 e. The molecule has 1 atom stereocenters. The highest BCUT2D eigenvalue weighted by molar-refractivity contribution is 5.80. The summed E-state index contributed by atoms with van der Waals surface area (Å²) < 4.78 is 5.45. The lowest BCUT2D eigenvalue weighted by Gasteiger charge is -2.24. The quantitative estimate of drug-likeness (QED) is 0.874. The molecule has 2 heterocycles. The van der Waals surface area contributed by atoms with E-state index in [9.17, 15) is 4.79 Å². The van der Waals surface area contributed by atoms with Crippen molar-refractivity contribution in [1.29, 1.82) is 0 Å². The average Bonchev–Trinajstić information content (AvgIpc) is 3.07. The molecule has 1 aliphatic heterocycles. The molecule has 0 saturated carbocycles. The Morgan fingerprint density at radius 2 is 1.88 bits per heavy atom. The number of amides is 1. The van der Waals surface area contributed by atoms with Crippen molar-refractivity contribution in [3.05, 3.63) is 24.3 Å². The van der Waals surface area contributed by atoms with E-state index in [2.05, 4.69) is 20.6 Å². The molecular formula is C19H27N5O2. The monoisotopic (exact) mass is 357 g/mol. The van der Waals surface area contributed by atoms with Crippen LogP contribution in [0.25, 0.3) is 11.0 Å². The van der Waals surface area contributed by atoms with Gasteiger partial charge in [0.15, 0.2) is 11.6 Å². The zero-order valence-electron chi connectivity index (χ0n) is 15.9. The first-order valence-electron chi connectivity index (χ1n) is 9.02. The van der Waals surface area contributed by atoms with Crippen molar-refractivity contribution in [2.45, 2.75) is 32.8 Å². The molecule has 1 fully saturated rings. The van der Waals surface area contributed by atoms with E-state index < -0.39 is 5.60 Å². The third-order valence-corrected chi connectivity index (χ3v) is 4.30. The SMILES string of the molecule is CNc1nc2ccccc2nc1NC[C@@H]1CCN(C(=O)OC(C)(C)C)C1. The Kier molecular flexibility index (Phi) is 5.15. The van der Waals surface area contributed by atoms with Crippen LogP contribution in [0.15, 0.2) is 24.3 Å². The van der Waals surface area contributed by atoms with Gasteiger partial charge in [0.2, 0.25) is 0 Å². The number of anilines is 2. The Bertz CT molecular complexity index is 787.